The van der Waals surface area contributed by atoms with Crippen molar-refractivity contribution in [2.24, 2.45) is 0 Å². The number of rotatable bonds is 4. The van der Waals surface area contributed by atoms with Crippen LogP contribution in [0, 0.1) is 0 Å². The third kappa shape index (κ3) is 2.76. The lowest BCUT2D eigenvalue weighted by atomic mass is 10.1. The van der Waals surface area contributed by atoms with Gasteiger partial charge in [-0.3, -0.25) is 9.36 Å². The maximum absolute atomic E-state index is 11.8. The van der Waals surface area contributed by atoms with Gasteiger partial charge in [0, 0.05) is 18.4 Å². The Balaban J connectivity index is 2.48. The number of oxazole rings is 1. The van der Waals surface area contributed by atoms with Gasteiger partial charge in [-0.25, -0.2) is 13.2 Å². The average Bonchev–Trinajstić information content (AvgIpc) is 2.60. The van der Waals surface area contributed by atoms with E-state index in [0.717, 1.165) is 6.26 Å². The molecule has 0 unspecified atom stereocenters. The number of sulfone groups is 1. The summed E-state index contributed by atoms with van der Waals surface area (Å²) < 4.78 is 28.6. The molecule has 2 aromatic rings. The highest BCUT2D eigenvalue weighted by Gasteiger charge is 2.15. The van der Waals surface area contributed by atoms with Gasteiger partial charge in [0.2, 0.25) is 0 Å². The molecule has 0 N–H and O–H groups in total. The number of hydrogen-bond donors (Lipinski definition) is 0. The van der Waals surface area contributed by atoms with Crippen molar-refractivity contribution in [2.45, 2.75) is 13.5 Å². The second-order valence-electron chi connectivity index (χ2n) is 4.29. The fraction of sp³-hybridized carbons (Fsp3) is 0.333. The lowest BCUT2D eigenvalue weighted by molar-refractivity contribution is 0.102. The number of aromatic nitrogens is 1. The zero-order valence-electron chi connectivity index (χ0n) is 10.5. The van der Waals surface area contributed by atoms with Crippen LogP contribution in [-0.2, 0) is 16.4 Å². The highest BCUT2D eigenvalue weighted by atomic mass is 32.2. The first-order valence-corrected chi connectivity index (χ1v) is 7.72. The smallest absolute Gasteiger partial charge is 0.408 e. The van der Waals surface area contributed by atoms with E-state index < -0.39 is 27.1 Å². The first-order chi connectivity index (χ1) is 8.81. The van der Waals surface area contributed by atoms with Gasteiger partial charge in [-0.1, -0.05) is 0 Å². The normalized spacial score (nSPS) is 11.9. The minimum absolute atomic E-state index is 0.218. The Kier molecular flexibility index (Phi) is 3.32. The summed E-state index contributed by atoms with van der Waals surface area (Å²) in [5.74, 6) is -1.57. The van der Waals surface area contributed by atoms with Crippen molar-refractivity contribution in [3.05, 3.63) is 34.3 Å². The van der Waals surface area contributed by atoms with Crippen LogP contribution in [0.4, 0.5) is 0 Å². The van der Waals surface area contributed by atoms with E-state index in [4.69, 9.17) is 4.42 Å². The van der Waals surface area contributed by atoms with E-state index in [1.165, 1.54) is 16.7 Å². The highest BCUT2D eigenvalue weighted by Crippen LogP contribution is 2.16. The summed E-state index contributed by atoms with van der Waals surface area (Å²) in [6.07, 6.45) is 0.997. The first kappa shape index (κ1) is 13.5. The molecule has 0 spiro atoms. The van der Waals surface area contributed by atoms with E-state index in [2.05, 4.69) is 0 Å². The number of fused-ring (bicyclic) bond motifs is 1. The molecule has 1 heterocycles. The quantitative estimate of drug-likeness (QED) is 0.776. The minimum atomic E-state index is -3.38. The maximum atomic E-state index is 11.8. The Morgan fingerprint density at radius 1 is 1.37 bits per heavy atom. The summed E-state index contributed by atoms with van der Waals surface area (Å²) in [4.78, 5) is 23.3. The average molecular weight is 283 g/mol. The number of Topliss-reactive ketones (excluding diaryl/α,β-unsaturated/α-hetero) is 1. The van der Waals surface area contributed by atoms with Crippen LogP contribution in [-0.4, -0.2) is 30.8 Å². The molecule has 19 heavy (non-hydrogen) atoms. The second kappa shape index (κ2) is 4.65. The SMILES string of the molecule is CCn1c(=O)oc2cc(C(=O)CS(C)(=O)=O)ccc21. The summed E-state index contributed by atoms with van der Waals surface area (Å²) in [6.45, 7) is 2.27. The van der Waals surface area contributed by atoms with Gasteiger partial charge in [0.15, 0.2) is 21.2 Å². The van der Waals surface area contributed by atoms with Crippen LogP contribution in [0.1, 0.15) is 17.3 Å². The van der Waals surface area contributed by atoms with E-state index in [-0.39, 0.29) is 11.1 Å². The number of carbonyl (C=O) groups excluding carboxylic acids is 1. The standard InChI is InChI=1S/C12H13NO5S/c1-3-13-9-5-4-8(6-11(9)18-12(13)15)10(14)7-19(2,16)17/h4-6H,3,7H2,1-2H3. The first-order valence-electron chi connectivity index (χ1n) is 5.66. The Labute approximate surface area is 109 Å². The largest absolute Gasteiger partial charge is 0.419 e. The predicted octanol–water partition coefficient (Wildman–Crippen LogP) is 0.842. The van der Waals surface area contributed by atoms with Crippen molar-refractivity contribution in [3.8, 4) is 0 Å². The fourth-order valence-electron chi connectivity index (χ4n) is 1.86. The molecule has 7 heteroatoms. The molecular weight excluding hydrogens is 270 g/mol. The predicted molar refractivity (Wildman–Crippen MR) is 70.2 cm³/mol. The topological polar surface area (TPSA) is 86.3 Å². The lowest BCUT2D eigenvalue weighted by Crippen LogP contribution is -2.14. The minimum Gasteiger partial charge on any atom is -0.408 e. The zero-order chi connectivity index (χ0) is 14.2. The molecule has 0 amide bonds. The molecular formula is C12H13NO5S. The van der Waals surface area contributed by atoms with Crippen LogP contribution in [0.25, 0.3) is 11.1 Å². The van der Waals surface area contributed by atoms with Gasteiger partial charge in [-0.2, -0.15) is 0 Å². The molecule has 0 aliphatic rings. The van der Waals surface area contributed by atoms with Crippen LogP contribution in [0.5, 0.6) is 0 Å². The van der Waals surface area contributed by atoms with Crippen LogP contribution in [0.2, 0.25) is 0 Å². The molecule has 0 aliphatic heterocycles. The van der Waals surface area contributed by atoms with Crippen LogP contribution < -0.4 is 5.76 Å². The summed E-state index contributed by atoms with van der Waals surface area (Å²) in [7, 11) is -3.38. The fourth-order valence-corrected chi connectivity index (χ4v) is 2.50. The van der Waals surface area contributed by atoms with Crippen molar-refractivity contribution < 1.29 is 17.6 Å². The Bertz CT molecular complexity index is 797. The molecule has 2 rings (SSSR count). The monoisotopic (exact) mass is 283 g/mol. The number of hydrogen-bond acceptors (Lipinski definition) is 5. The third-order valence-electron chi connectivity index (χ3n) is 2.70. The molecule has 0 radical (unpaired) electrons. The summed E-state index contributed by atoms with van der Waals surface area (Å²) >= 11 is 0. The van der Waals surface area contributed by atoms with Gasteiger partial charge in [0.25, 0.3) is 0 Å². The number of nitrogens with zero attached hydrogens (tertiary/aromatic N) is 1. The lowest BCUT2D eigenvalue weighted by Gasteiger charge is -2.00. The van der Waals surface area contributed by atoms with Gasteiger partial charge in [0.05, 0.1) is 5.52 Å². The highest BCUT2D eigenvalue weighted by molar-refractivity contribution is 7.91. The Morgan fingerprint density at radius 3 is 2.63 bits per heavy atom. The van der Waals surface area contributed by atoms with Crippen molar-refractivity contribution in [3.63, 3.8) is 0 Å². The van der Waals surface area contributed by atoms with Crippen molar-refractivity contribution in [2.75, 3.05) is 12.0 Å². The van der Waals surface area contributed by atoms with E-state index in [9.17, 15) is 18.0 Å². The van der Waals surface area contributed by atoms with Crippen molar-refractivity contribution in [1.82, 2.24) is 4.57 Å². The Morgan fingerprint density at radius 2 is 2.05 bits per heavy atom. The summed E-state index contributed by atoms with van der Waals surface area (Å²) in [5.41, 5.74) is 1.09. The molecule has 0 aliphatic carbocycles. The van der Waals surface area contributed by atoms with E-state index >= 15 is 0 Å². The van der Waals surface area contributed by atoms with Gasteiger partial charge in [0.1, 0.15) is 5.75 Å². The van der Waals surface area contributed by atoms with Gasteiger partial charge in [-0.05, 0) is 25.1 Å². The number of benzene rings is 1. The van der Waals surface area contributed by atoms with Crippen molar-refractivity contribution >= 4 is 26.7 Å². The van der Waals surface area contributed by atoms with Crippen molar-refractivity contribution in [1.29, 1.82) is 0 Å². The number of ketones is 1. The van der Waals surface area contributed by atoms with Crippen LogP contribution >= 0.6 is 0 Å². The van der Waals surface area contributed by atoms with Gasteiger partial charge < -0.3 is 4.42 Å². The third-order valence-corrected chi connectivity index (χ3v) is 3.49. The van der Waals surface area contributed by atoms with Gasteiger partial charge in [-0.15, -0.1) is 0 Å². The number of carbonyl (C=O) groups is 1. The molecule has 102 valence electrons. The van der Waals surface area contributed by atoms with Crippen LogP contribution in [0.3, 0.4) is 0 Å². The van der Waals surface area contributed by atoms with E-state index in [0.29, 0.717) is 12.1 Å². The van der Waals surface area contributed by atoms with E-state index in [1.54, 1.807) is 13.0 Å². The Hall–Kier alpha value is -1.89. The molecule has 0 saturated heterocycles. The maximum Gasteiger partial charge on any atom is 0.419 e. The molecule has 0 fully saturated rings. The molecule has 0 bridgehead atoms. The van der Waals surface area contributed by atoms with E-state index in [1.807, 2.05) is 0 Å². The van der Waals surface area contributed by atoms with Gasteiger partial charge >= 0.3 is 5.76 Å². The molecule has 1 aromatic heterocycles. The molecule has 6 nitrogen and oxygen atoms in total. The number of aryl methyl sites for hydroxylation is 1. The van der Waals surface area contributed by atoms with Crippen LogP contribution in [0.15, 0.2) is 27.4 Å². The molecule has 0 saturated carbocycles. The summed E-state index contributed by atoms with van der Waals surface area (Å²) in [6, 6.07) is 4.48. The molecule has 0 atom stereocenters. The zero-order valence-corrected chi connectivity index (χ0v) is 11.4. The summed E-state index contributed by atoms with van der Waals surface area (Å²) in [5, 5.41) is 0. The molecule has 1 aromatic carbocycles. The second-order valence-corrected chi connectivity index (χ2v) is 6.43.